The second kappa shape index (κ2) is 7.37. The summed E-state index contributed by atoms with van der Waals surface area (Å²) in [5.74, 6) is -1.60. The molecular formula is C15H21BN2O5. The number of aromatic hydroxyl groups is 1. The molecule has 23 heavy (non-hydrogen) atoms. The zero-order valence-electron chi connectivity index (χ0n) is 13.1. The average molecular weight is 320 g/mol. The number of carboxylic acids is 1. The van der Waals surface area contributed by atoms with Gasteiger partial charge in [0, 0.05) is 26.1 Å². The van der Waals surface area contributed by atoms with Gasteiger partial charge < -0.3 is 20.7 Å². The molecule has 124 valence electrons. The third-order valence-corrected chi connectivity index (χ3v) is 3.85. The number of nitrogens with zero attached hydrogens (tertiary/aromatic N) is 1. The van der Waals surface area contributed by atoms with Gasteiger partial charge in [0.2, 0.25) is 5.91 Å². The molecule has 0 unspecified atom stereocenters. The normalized spacial score (nSPS) is 15.1. The van der Waals surface area contributed by atoms with E-state index in [0.717, 1.165) is 6.32 Å². The van der Waals surface area contributed by atoms with Crippen molar-refractivity contribution in [3.63, 3.8) is 0 Å². The fraction of sp³-hybridized carbons (Fsp3) is 0.467. The summed E-state index contributed by atoms with van der Waals surface area (Å²) < 4.78 is 5.70. The largest absolute Gasteiger partial charge is 0.507 e. The minimum Gasteiger partial charge on any atom is -0.507 e. The van der Waals surface area contributed by atoms with Crippen LogP contribution in [0.25, 0.3) is 0 Å². The quantitative estimate of drug-likeness (QED) is 0.563. The number of ether oxygens (including phenoxy) is 1. The van der Waals surface area contributed by atoms with Crippen LogP contribution in [0.2, 0.25) is 6.32 Å². The van der Waals surface area contributed by atoms with E-state index in [-0.39, 0.29) is 29.1 Å². The Kier molecular flexibility index (Phi) is 5.49. The number of rotatable bonds is 8. The van der Waals surface area contributed by atoms with Crippen LogP contribution in [0, 0.1) is 0 Å². The maximum atomic E-state index is 11.4. The molecule has 0 bridgehead atoms. The Bertz CT molecular complexity index is 602. The van der Waals surface area contributed by atoms with Crippen LogP contribution in [0.4, 0.5) is 0 Å². The van der Waals surface area contributed by atoms with Gasteiger partial charge in [0.25, 0.3) is 0 Å². The summed E-state index contributed by atoms with van der Waals surface area (Å²) in [6.07, 6.45) is 1.55. The molecule has 0 atom stereocenters. The second-order valence-electron chi connectivity index (χ2n) is 5.72. The summed E-state index contributed by atoms with van der Waals surface area (Å²) in [4.78, 5) is 24.2. The standard InChI is InChI=1S/C15H21BN2O5/c16-5-3-9-1-2-11(13(14(9)20)15(21)22)23-10-7-18(8-10)6-4-12(17)19/h1-2,10,20H,3-8,16H2,(H2,17,19)(H,21,22). The summed E-state index contributed by atoms with van der Waals surface area (Å²) in [5, 5.41) is 19.5. The molecule has 7 nitrogen and oxygen atoms in total. The van der Waals surface area contributed by atoms with Gasteiger partial charge in [-0.3, -0.25) is 9.69 Å². The third kappa shape index (κ3) is 4.16. The fourth-order valence-corrected chi connectivity index (χ4v) is 2.62. The smallest absolute Gasteiger partial charge is 0.343 e. The number of nitrogens with two attached hydrogens (primary N) is 1. The number of aryl methyl sites for hydroxylation is 1. The van der Waals surface area contributed by atoms with Crippen molar-refractivity contribution in [3.8, 4) is 11.5 Å². The van der Waals surface area contributed by atoms with Gasteiger partial charge in [0.05, 0.1) is 0 Å². The highest BCUT2D eigenvalue weighted by Gasteiger charge is 2.30. The van der Waals surface area contributed by atoms with Gasteiger partial charge in [-0.15, -0.1) is 0 Å². The lowest BCUT2D eigenvalue weighted by atomic mass is 9.95. The number of primary amides is 1. The zero-order valence-corrected chi connectivity index (χ0v) is 13.1. The predicted molar refractivity (Wildman–Crippen MR) is 86.8 cm³/mol. The van der Waals surface area contributed by atoms with E-state index < -0.39 is 5.97 Å². The Hall–Kier alpha value is -2.22. The van der Waals surface area contributed by atoms with Crippen LogP contribution in [-0.4, -0.2) is 60.6 Å². The first-order valence-electron chi connectivity index (χ1n) is 7.67. The van der Waals surface area contributed by atoms with E-state index in [1.54, 1.807) is 12.1 Å². The van der Waals surface area contributed by atoms with E-state index in [0.29, 0.717) is 38.0 Å². The first-order chi connectivity index (χ1) is 10.9. The lowest BCUT2D eigenvalue weighted by molar-refractivity contribution is -0.118. The van der Waals surface area contributed by atoms with E-state index in [9.17, 15) is 19.8 Å². The van der Waals surface area contributed by atoms with Crippen molar-refractivity contribution < 1.29 is 24.5 Å². The summed E-state index contributed by atoms with van der Waals surface area (Å²) in [7, 11) is 1.96. The molecule has 1 aliphatic heterocycles. The molecule has 0 saturated carbocycles. The second-order valence-corrected chi connectivity index (χ2v) is 5.72. The van der Waals surface area contributed by atoms with Crippen LogP contribution in [0.1, 0.15) is 22.3 Å². The molecule has 1 heterocycles. The third-order valence-electron chi connectivity index (χ3n) is 3.85. The Balaban J connectivity index is 2.02. The van der Waals surface area contributed by atoms with Crippen LogP contribution in [0.15, 0.2) is 12.1 Å². The Morgan fingerprint density at radius 2 is 2.09 bits per heavy atom. The summed E-state index contributed by atoms with van der Waals surface area (Å²) in [6.45, 7) is 1.77. The maximum Gasteiger partial charge on any atom is 0.343 e. The van der Waals surface area contributed by atoms with Crippen molar-refractivity contribution in [1.82, 2.24) is 4.90 Å². The molecule has 2 rings (SSSR count). The van der Waals surface area contributed by atoms with Gasteiger partial charge in [-0.25, -0.2) is 4.79 Å². The topological polar surface area (TPSA) is 113 Å². The first-order valence-corrected chi connectivity index (χ1v) is 7.67. The molecule has 1 aromatic rings. The Labute approximate surface area is 135 Å². The van der Waals surface area contributed by atoms with Gasteiger partial charge in [0.15, 0.2) is 0 Å². The fourth-order valence-electron chi connectivity index (χ4n) is 2.62. The van der Waals surface area contributed by atoms with E-state index in [4.69, 9.17) is 10.5 Å². The minimum atomic E-state index is -1.21. The number of carbonyl (C=O) groups is 2. The number of carbonyl (C=O) groups excluding carboxylic acids is 1. The summed E-state index contributed by atoms with van der Waals surface area (Å²) in [6, 6.07) is 3.30. The van der Waals surface area contributed by atoms with E-state index in [2.05, 4.69) is 0 Å². The molecule has 1 aliphatic rings. The van der Waals surface area contributed by atoms with E-state index in [1.807, 2.05) is 12.7 Å². The number of hydrogen-bond donors (Lipinski definition) is 3. The molecule has 1 amide bonds. The molecular weight excluding hydrogens is 299 g/mol. The van der Waals surface area contributed by atoms with E-state index in [1.165, 1.54) is 0 Å². The molecule has 0 aliphatic carbocycles. The molecule has 1 aromatic carbocycles. The molecule has 4 N–H and O–H groups in total. The van der Waals surface area contributed by atoms with Gasteiger partial charge in [0.1, 0.15) is 31.0 Å². The highest BCUT2D eigenvalue weighted by molar-refractivity contribution is 6.08. The first kappa shape index (κ1) is 17.1. The molecule has 1 saturated heterocycles. The number of carboxylic acid groups (broad SMARTS) is 1. The molecule has 1 fully saturated rings. The average Bonchev–Trinajstić information content (AvgIpc) is 2.43. The minimum absolute atomic E-state index is 0.155. The summed E-state index contributed by atoms with van der Waals surface area (Å²) >= 11 is 0. The molecule has 0 spiro atoms. The zero-order chi connectivity index (χ0) is 17.0. The number of likely N-dealkylation sites (tertiary alicyclic amines) is 1. The van der Waals surface area contributed by atoms with Gasteiger partial charge in [-0.1, -0.05) is 12.4 Å². The van der Waals surface area contributed by atoms with E-state index >= 15 is 0 Å². The van der Waals surface area contributed by atoms with Gasteiger partial charge in [-0.2, -0.15) is 0 Å². The van der Waals surface area contributed by atoms with Crippen LogP contribution in [-0.2, 0) is 11.2 Å². The number of phenols is 1. The van der Waals surface area contributed by atoms with Crippen LogP contribution >= 0.6 is 0 Å². The number of amides is 1. The maximum absolute atomic E-state index is 11.4. The lowest BCUT2D eigenvalue weighted by Crippen LogP contribution is -2.54. The number of aromatic carboxylic acids is 1. The van der Waals surface area contributed by atoms with Crippen molar-refractivity contribution in [1.29, 1.82) is 0 Å². The monoisotopic (exact) mass is 320 g/mol. The lowest BCUT2D eigenvalue weighted by Gasteiger charge is -2.39. The highest BCUT2D eigenvalue weighted by Crippen LogP contribution is 2.33. The molecule has 0 aromatic heterocycles. The van der Waals surface area contributed by atoms with Crippen LogP contribution < -0.4 is 10.5 Å². The Morgan fingerprint density at radius 3 is 2.65 bits per heavy atom. The Morgan fingerprint density at radius 1 is 1.39 bits per heavy atom. The van der Waals surface area contributed by atoms with Gasteiger partial charge >= 0.3 is 5.97 Å². The van der Waals surface area contributed by atoms with Crippen molar-refractivity contribution in [2.45, 2.75) is 25.3 Å². The van der Waals surface area contributed by atoms with Gasteiger partial charge in [-0.05, 0) is 18.1 Å². The number of hydrogen-bond acceptors (Lipinski definition) is 5. The van der Waals surface area contributed by atoms with Crippen LogP contribution in [0.3, 0.4) is 0 Å². The van der Waals surface area contributed by atoms with Crippen molar-refractivity contribution in [2.24, 2.45) is 5.73 Å². The SMILES string of the molecule is BCCc1ccc(OC2CN(CCC(N)=O)C2)c(C(=O)O)c1O. The number of benzene rings is 1. The van der Waals surface area contributed by atoms with Crippen molar-refractivity contribution in [2.75, 3.05) is 19.6 Å². The van der Waals surface area contributed by atoms with Crippen molar-refractivity contribution >= 4 is 19.7 Å². The summed E-state index contributed by atoms with van der Waals surface area (Å²) in [5.41, 5.74) is 5.51. The van der Waals surface area contributed by atoms with Crippen LogP contribution in [0.5, 0.6) is 11.5 Å². The van der Waals surface area contributed by atoms with Crippen molar-refractivity contribution in [3.05, 3.63) is 23.3 Å². The molecule has 0 radical (unpaired) electrons. The predicted octanol–water partition coefficient (Wildman–Crippen LogP) is -0.377. The molecule has 8 heteroatoms. The highest BCUT2D eigenvalue weighted by atomic mass is 16.5.